The van der Waals surface area contributed by atoms with Gasteiger partial charge < -0.3 is 5.32 Å². The second kappa shape index (κ2) is 5.61. The van der Waals surface area contributed by atoms with E-state index in [0.29, 0.717) is 0 Å². The first-order chi connectivity index (χ1) is 10.1. The van der Waals surface area contributed by atoms with E-state index < -0.39 is 0 Å². The minimum atomic E-state index is 0.204. The molecule has 0 fully saturated rings. The molecule has 0 saturated heterocycles. The van der Waals surface area contributed by atoms with E-state index in [1.165, 1.54) is 11.2 Å². The molecule has 0 aliphatic rings. The molecule has 7 heteroatoms. The summed E-state index contributed by atoms with van der Waals surface area (Å²) in [6, 6.07) is 4.10. The summed E-state index contributed by atoms with van der Waals surface area (Å²) in [6.45, 7) is 6.21. The molecule has 6 nitrogen and oxygen atoms in total. The smallest absolute Gasteiger partial charge is 0.155 e. The highest BCUT2D eigenvalue weighted by atomic mass is 32.1. The van der Waals surface area contributed by atoms with Gasteiger partial charge in [0.25, 0.3) is 0 Å². The van der Waals surface area contributed by atoms with Crippen molar-refractivity contribution in [3.63, 3.8) is 0 Å². The van der Waals surface area contributed by atoms with Crippen LogP contribution in [-0.4, -0.2) is 24.7 Å². The van der Waals surface area contributed by atoms with Gasteiger partial charge >= 0.3 is 0 Å². The summed E-state index contributed by atoms with van der Waals surface area (Å²) < 4.78 is 1.63. The number of thiazole rings is 1. The Morgan fingerprint density at radius 1 is 1.29 bits per heavy atom. The summed E-state index contributed by atoms with van der Waals surface area (Å²) in [5.41, 5.74) is 2.06. The summed E-state index contributed by atoms with van der Waals surface area (Å²) in [5.74, 6) is 0.746. The van der Waals surface area contributed by atoms with Crippen molar-refractivity contribution in [2.24, 2.45) is 0 Å². The Bertz CT molecular complexity index is 717. The Morgan fingerprint density at radius 2 is 2.14 bits per heavy atom. The summed E-state index contributed by atoms with van der Waals surface area (Å²) >= 11 is 1.73. The molecule has 3 heterocycles. The molecule has 21 heavy (non-hydrogen) atoms. The monoisotopic (exact) mass is 300 g/mol. The topological polar surface area (TPSA) is 68.5 Å². The minimum Gasteiger partial charge on any atom is -0.376 e. The molecule has 0 amide bonds. The largest absolute Gasteiger partial charge is 0.376 e. The zero-order chi connectivity index (χ0) is 14.8. The first kappa shape index (κ1) is 13.7. The van der Waals surface area contributed by atoms with Crippen LogP contribution >= 0.6 is 11.3 Å². The highest BCUT2D eigenvalue weighted by Crippen LogP contribution is 2.27. The molecule has 3 aromatic rings. The van der Waals surface area contributed by atoms with Gasteiger partial charge in [-0.1, -0.05) is 0 Å². The van der Waals surface area contributed by atoms with E-state index in [1.807, 2.05) is 26.0 Å². The van der Waals surface area contributed by atoms with Gasteiger partial charge in [0.15, 0.2) is 5.82 Å². The molecule has 0 saturated carbocycles. The first-order valence-electron chi connectivity index (χ1n) is 6.65. The number of hydrogen-bond acceptors (Lipinski definition) is 6. The Labute approximate surface area is 126 Å². The minimum absolute atomic E-state index is 0.204. The molecular formula is C14H16N6S. The van der Waals surface area contributed by atoms with E-state index in [4.69, 9.17) is 0 Å². The maximum Gasteiger partial charge on any atom is 0.155 e. The van der Waals surface area contributed by atoms with Crippen LogP contribution in [0.3, 0.4) is 0 Å². The molecule has 0 spiro atoms. The van der Waals surface area contributed by atoms with Crippen LogP contribution in [0.4, 0.5) is 5.69 Å². The lowest BCUT2D eigenvalue weighted by Crippen LogP contribution is -2.07. The van der Waals surface area contributed by atoms with Crippen molar-refractivity contribution >= 4 is 17.0 Å². The number of aryl methyl sites for hydroxylation is 2. The first-order valence-corrected chi connectivity index (χ1v) is 7.46. The van der Waals surface area contributed by atoms with E-state index in [9.17, 15) is 0 Å². The van der Waals surface area contributed by atoms with Gasteiger partial charge in [0.05, 0.1) is 28.6 Å². The third-order valence-corrected chi connectivity index (χ3v) is 4.37. The molecule has 0 aliphatic heterocycles. The lowest BCUT2D eigenvalue weighted by atomic mass is 10.2. The Hall–Kier alpha value is -2.28. The third-order valence-electron chi connectivity index (χ3n) is 3.12. The van der Waals surface area contributed by atoms with Gasteiger partial charge in [0, 0.05) is 4.88 Å². The quantitative estimate of drug-likeness (QED) is 0.802. The lowest BCUT2D eigenvalue weighted by molar-refractivity contribution is 0.842. The summed E-state index contributed by atoms with van der Waals surface area (Å²) in [4.78, 5) is 14.0. The lowest BCUT2D eigenvalue weighted by Gasteiger charge is -2.14. The average Bonchev–Trinajstić information content (AvgIpc) is 3.09. The van der Waals surface area contributed by atoms with Crippen molar-refractivity contribution in [3.8, 4) is 5.82 Å². The fourth-order valence-electron chi connectivity index (χ4n) is 2.20. The predicted molar refractivity (Wildman–Crippen MR) is 82.8 cm³/mol. The van der Waals surface area contributed by atoms with Crippen LogP contribution in [-0.2, 0) is 0 Å². The predicted octanol–water partition coefficient (Wildman–Crippen LogP) is 2.91. The van der Waals surface area contributed by atoms with Crippen LogP contribution < -0.4 is 5.32 Å². The van der Waals surface area contributed by atoms with E-state index in [2.05, 4.69) is 32.3 Å². The highest BCUT2D eigenvalue weighted by molar-refractivity contribution is 7.11. The number of aromatic nitrogens is 5. The van der Waals surface area contributed by atoms with Crippen LogP contribution in [0.15, 0.2) is 31.0 Å². The zero-order valence-corrected chi connectivity index (χ0v) is 12.9. The molecule has 0 aliphatic carbocycles. The SMILES string of the molecule is Cc1nc(C)c(C(C)Nc2ccc(-n3cncn3)nc2)s1. The summed E-state index contributed by atoms with van der Waals surface area (Å²) in [5, 5.41) is 8.60. The molecule has 3 aromatic heterocycles. The third kappa shape index (κ3) is 2.92. The summed E-state index contributed by atoms with van der Waals surface area (Å²) in [7, 11) is 0. The van der Waals surface area contributed by atoms with Gasteiger partial charge in [-0.3, -0.25) is 0 Å². The van der Waals surface area contributed by atoms with Crippen molar-refractivity contribution in [3.05, 3.63) is 46.6 Å². The van der Waals surface area contributed by atoms with E-state index in [0.717, 1.165) is 22.2 Å². The maximum absolute atomic E-state index is 4.47. The molecule has 0 radical (unpaired) electrons. The van der Waals surface area contributed by atoms with Crippen LogP contribution in [0, 0.1) is 13.8 Å². The van der Waals surface area contributed by atoms with Crippen LogP contribution in [0.5, 0.6) is 0 Å². The second-order valence-electron chi connectivity index (χ2n) is 4.79. The molecule has 1 unspecified atom stereocenters. The highest BCUT2D eigenvalue weighted by Gasteiger charge is 2.13. The van der Waals surface area contributed by atoms with Gasteiger partial charge in [0.2, 0.25) is 0 Å². The molecule has 3 rings (SSSR count). The number of pyridine rings is 1. The molecule has 0 aromatic carbocycles. The Balaban J connectivity index is 1.74. The molecule has 108 valence electrons. The number of anilines is 1. The zero-order valence-electron chi connectivity index (χ0n) is 12.1. The van der Waals surface area contributed by atoms with Crippen molar-refractivity contribution in [1.29, 1.82) is 0 Å². The van der Waals surface area contributed by atoms with Gasteiger partial charge in [-0.05, 0) is 32.9 Å². The summed E-state index contributed by atoms with van der Waals surface area (Å²) in [6.07, 6.45) is 4.92. The van der Waals surface area contributed by atoms with Gasteiger partial charge in [-0.2, -0.15) is 5.10 Å². The van der Waals surface area contributed by atoms with Gasteiger partial charge in [-0.25, -0.2) is 19.6 Å². The van der Waals surface area contributed by atoms with Gasteiger partial charge in [0.1, 0.15) is 12.7 Å². The van der Waals surface area contributed by atoms with Crippen molar-refractivity contribution in [2.75, 3.05) is 5.32 Å². The molecular weight excluding hydrogens is 284 g/mol. The fourth-order valence-corrected chi connectivity index (χ4v) is 3.13. The van der Waals surface area contributed by atoms with Crippen molar-refractivity contribution < 1.29 is 0 Å². The molecule has 1 atom stereocenters. The maximum atomic E-state index is 4.47. The van der Waals surface area contributed by atoms with E-state index >= 15 is 0 Å². The van der Waals surface area contributed by atoms with Gasteiger partial charge in [-0.15, -0.1) is 11.3 Å². The van der Waals surface area contributed by atoms with Crippen LogP contribution in [0.1, 0.15) is 28.5 Å². The van der Waals surface area contributed by atoms with Crippen LogP contribution in [0.25, 0.3) is 5.82 Å². The Morgan fingerprint density at radius 3 is 2.71 bits per heavy atom. The number of hydrogen-bond donors (Lipinski definition) is 1. The normalized spacial score (nSPS) is 12.3. The van der Waals surface area contributed by atoms with Crippen LogP contribution in [0.2, 0.25) is 0 Å². The number of rotatable bonds is 4. The second-order valence-corrected chi connectivity index (χ2v) is 6.03. The van der Waals surface area contributed by atoms with Crippen molar-refractivity contribution in [1.82, 2.24) is 24.7 Å². The van der Waals surface area contributed by atoms with E-state index in [1.54, 1.807) is 28.5 Å². The van der Waals surface area contributed by atoms with E-state index in [-0.39, 0.29) is 6.04 Å². The Kier molecular flexibility index (Phi) is 3.66. The standard InChI is InChI=1S/C14H16N6S/c1-9-14(21-11(3)18-9)10(2)19-12-4-5-13(16-6-12)20-8-15-7-17-20/h4-8,10,19H,1-3H3. The molecule has 1 N–H and O–H groups in total. The van der Waals surface area contributed by atoms with Crippen molar-refractivity contribution in [2.45, 2.75) is 26.8 Å². The fraction of sp³-hybridized carbons (Fsp3) is 0.286. The number of nitrogens with zero attached hydrogens (tertiary/aromatic N) is 5. The average molecular weight is 300 g/mol. The molecule has 0 bridgehead atoms. The number of nitrogens with one attached hydrogen (secondary N) is 1.